The molecule has 0 amide bonds. The summed E-state index contributed by atoms with van der Waals surface area (Å²) in [5.41, 5.74) is 0.981. The number of piperidine rings is 1. The molecule has 4 nitrogen and oxygen atoms in total. The monoisotopic (exact) mass is 229 g/mol. The van der Waals surface area contributed by atoms with E-state index in [9.17, 15) is 0 Å². The Kier molecular flexibility index (Phi) is 2.88. The van der Waals surface area contributed by atoms with Crippen molar-refractivity contribution in [2.75, 3.05) is 13.1 Å². The molecular formula is C13H15N3O. The zero-order valence-corrected chi connectivity index (χ0v) is 9.60. The van der Waals surface area contributed by atoms with Crippen LogP contribution >= 0.6 is 0 Å². The highest BCUT2D eigenvalue weighted by Crippen LogP contribution is 2.23. The average Bonchev–Trinajstić information content (AvgIpc) is 2.90. The van der Waals surface area contributed by atoms with Gasteiger partial charge in [0.05, 0.1) is 0 Å². The fourth-order valence-electron chi connectivity index (χ4n) is 2.17. The van der Waals surface area contributed by atoms with Gasteiger partial charge in [-0.05, 0) is 31.5 Å². The molecule has 1 aliphatic heterocycles. The summed E-state index contributed by atoms with van der Waals surface area (Å²) in [6, 6.07) is 9.89. The summed E-state index contributed by atoms with van der Waals surface area (Å²) in [5.74, 6) is 1.84. The van der Waals surface area contributed by atoms with Gasteiger partial charge in [0.25, 0.3) is 5.89 Å². The van der Waals surface area contributed by atoms with Crippen LogP contribution in [0.3, 0.4) is 0 Å². The van der Waals surface area contributed by atoms with Crippen LogP contribution in [-0.4, -0.2) is 23.2 Å². The molecule has 2 aromatic rings. The quantitative estimate of drug-likeness (QED) is 0.857. The van der Waals surface area contributed by atoms with Crippen molar-refractivity contribution in [1.29, 1.82) is 0 Å². The van der Waals surface area contributed by atoms with E-state index in [4.69, 9.17) is 4.52 Å². The Labute approximate surface area is 100 Å². The molecule has 1 atom stereocenters. The third kappa shape index (κ3) is 2.22. The molecule has 1 aliphatic rings. The van der Waals surface area contributed by atoms with Gasteiger partial charge in [-0.2, -0.15) is 4.98 Å². The van der Waals surface area contributed by atoms with E-state index in [-0.39, 0.29) is 0 Å². The number of nitrogens with one attached hydrogen (secondary N) is 1. The molecule has 17 heavy (non-hydrogen) atoms. The van der Waals surface area contributed by atoms with Gasteiger partial charge in [0, 0.05) is 18.0 Å². The maximum atomic E-state index is 5.32. The minimum Gasteiger partial charge on any atom is -0.334 e. The molecule has 3 rings (SSSR count). The van der Waals surface area contributed by atoms with E-state index in [1.807, 2.05) is 30.3 Å². The topological polar surface area (TPSA) is 51.0 Å². The lowest BCUT2D eigenvalue weighted by molar-refractivity contribution is 0.393. The van der Waals surface area contributed by atoms with Crippen LogP contribution in [0.2, 0.25) is 0 Å². The molecule has 0 spiro atoms. The van der Waals surface area contributed by atoms with Crippen LogP contribution in [0.25, 0.3) is 11.5 Å². The lowest BCUT2D eigenvalue weighted by Gasteiger charge is -2.19. The minimum absolute atomic E-state index is 0.393. The number of aromatic nitrogens is 2. The van der Waals surface area contributed by atoms with Crippen molar-refractivity contribution in [2.45, 2.75) is 18.8 Å². The Morgan fingerprint density at radius 2 is 2.12 bits per heavy atom. The zero-order valence-electron chi connectivity index (χ0n) is 9.60. The molecular weight excluding hydrogens is 214 g/mol. The van der Waals surface area contributed by atoms with Crippen molar-refractivity contribution < 1.29 is 4.52 Å². The van der Waals surface area contributed by atoms with E-state index in [0.29, 0.717) is 11.8 Å². The van der Waals surface area contributed by atoms with Crippen molar-refractivity contribution in [3.05, 3.63) is 36.2 Å². The maximum Gasteiger partial charge on any atom is 0.257 e. The van der Waals surface area contributed by atoms with Gasteiger partial charge in [-0.15, -0.1) is 0 Å². The molecule has 0 radical (unpaired) electrons. The fraction of sp³-hybridized carbons (Fsp3) is 0.385. The molecule has 88 valence electrons. The summed E-state index contributed by atoms with van der Waals surface area (Å²) in [6.45, 7) is 2.05. The number of rotatable bonds is 2. The second-order valence-electron chi connectivity index (χ2n) is 4.37. The van der Waals surface area contributed by atoms with Crippen molar-refractivity contribution in [2.24, 2.45) is 0 Å². The summed E-state index contributed by atoms with van der Waals surface area (Å²) in [7, 11) is 0. The first-order valence-electron chi connectivity index (χ1n) is 6.03. The van der Waals surface area contributed by atoms with E-state index in [2.05, 4.69) is 15.5 Å². The molecule has 4 heteroatoms. The van der Waals surface area contributed by atoms with Crippen LogP contribution in [0.4, 0.5) is 0 Å². The van der Waals surface area contributed by atoms with Crippen LogP contribution < -0.4 is 5.32 Å². The Morgan fingerprint density at radius 3 is 2.88 bits per heavy atom. The minimum atomic E-state index is 0.393. The molecule has 2 heterocycles. The van der Waals surface area contributed by atoms with Gasteiger partial charge in [-0.1, -0.05) is 23.4 Å². The van der Waals surface area contributed by atoms with Crippen LogP contribution in [0.15, 0.2) is 34.9 Å². The number of benzene rings is 1. The molecule has 1 aromatic heterocycles. The largest absolute Gasteiger partial charge is 0.334 e. The van der Waals surface area contributed by atoms with Gasteiger partial charge in [0.1, 0.15) is 0 Å². The maximum absolute atomic E-state index is 5.32. The number of hydrogen-bond donors (Lipinski definition) is 1. The molecule has 1 fully saturated rings. The Bertz CT molecular complexity index is 474. The summed E-state index contributed by atoms with van der Waals surface area (Å²) in [5, 5.41) is 7.45. The Morgan fingerprint density at radius 1 is 1.24 bits per heavy atom. The van der Waals surface area contributed by atoms with Crippen molar-refractivity contribution in [3.63, 3.8) is 0 Å². The first-order valence-corrected chi connectivity index (χ1v) is 6.03. The SMILES string of the molecule is c1ccc(-c2nc([C@H]3CCCNC3)no2)cc1. The number of hydrogen-bond acceptors (Lipinski definition) is 4. The second kappa shape index (κ2) is 4.67. The zero-order chi connectivity index (χ0) is 11.5. The molecule has 0 aliphatic carbocycles. The van der Waals surface area contributed by atoms with Gasteiger partial charge in [-0.25, -0.2) is 0 Å². The van der Waals surface area contributed by atoms with Gasteiger partial charge in [0.2, 0.25) is 0 Å². The molecule has 1 aromatic carbocycles. The second-order valence-corrected chi connectivity index (χ2v) is 4.37. The van der Waals surface area contributed by atoms with E-state index in [0.717, 1.165) is 30.9 Å². The molecule has 0 bridgehead atoms. The summed E-state index contributed by atoms with van der Waals surface area (Å²) >= 11 is 0. The lowest BCUT2D eigenvalue weighted by atomic mass is 9.99. The van der Waals surface area contributed by atoms with E-state index in [1.165, 1.54) is 6.42 Å². The van der Waals surface area contributed by atoms with Crippen LogP contribution in [0, 0.1) is 0 Å². The Hall–Kier alpha value is -1.68. The third-order valence-electron chi connectivity index (χ3n) is 3.12. The fourth-order valence-corrected chi connectivity index (χ4v) is 2.17. The van der Waals surface area contributed by atoms with Gasteiger partial charge in [0.15, 0.2) is 5.82 Å². The molecule has 0 unspecified atom stereocenters. The van der Waals surface area contributed by atoms with E-state index < -0.39 is 0 Å². The number of nitrogens with zero attached hydrogens (tertiary/aromatic N) is 2. The smallest absolute Gasteiger partial charge is 0.257 e. The highest BCUT2D eigenvalue weighted by Gasteiger charge is 2.20. The van der Waals surface area contributed by atoms with Crippen LogP contribution in [0.1, 0.15) is 24.6 Å². The lowest BCUT2D eigenvalue weighted by Crippen LogP contribution is -2.28. The highest BCUT2D eigenvalue weighted by atomic mass is 16.5. The van der Waals surface area contributed by atoms with Gasteiger partial charge >= 0.3 is 0 Å². The summed E-state index contributed by atoms with van der Waals surface area (Å²) in [4.78, 5) is 4.49. The predicted molar refractivity (Wildman–Crippen MR) is 64.6 cm³/mol. The van der Waals surface area contributed by atoms with Crippen molar-refractivity contribution in [1.82, 2.24) is 15.5 Å². The van der Waals surface area contributed by atoms with E-state index >= 15 is 0 Å². The van der Waals surface area contributed by atoms with Crippen LogP contribution in [0.5, 0.6) is 0 Å². The normalized spacial score (nSPS) is 20.4. The Balaban J connectivity index is 1.83. The predicted octanol–water partition coefficient (Wildman–Crippen LogP) is 2.20. The summed E-state index contributed by atoms with van der Waals surface area (Å²) < 4.78 is 5.32. The standard InChI is InChI=1S/C13H15N3O/c1-2-5-10(6-3-1)13-15-12(16-17-13)11-7-4-8-14-9-11/h1-3,5-6,11,14H,4,7-9H2/t11-/m0/s1. The van der Waals surface area contributed by atoms with Crippen molar-refractivity contribution in [3.8, 4) is 11.5 Å². The summed E-state index contributed by atoms with van der Waals surface area (Å²) in [6.07, 6.45) is 2.32. The van der Waals surface area contributed by atoms with Gasteiger partial charge in [-0.3, -0.25) is 0 Å². The first-order chi connectivity index (χ1) is 8.43. The average molecular weight is 229 g/mol. The molecule has 1 N–H and O–H groups in total. The van der Waals surface area contributed by atoms with Crippen molar-refractivity contribution >= 4 is 0 Å². The van der Waals surface area contributed by atoms with Gasteiger partial charge < -0.3 is 9.84 Å². The molecule has 0 saturated carbocycles. The molecule has 1 saturated heterocycles. The van der Waals surface area contributed by atoms with E-state index in [1.54, 1.807) is 0 Å². The highest BCUT2D eigenvalue weighted by molar-refractivity contribution is 5.52. The van der Waals surface area contributed by atoms with Crippen LogP contribution in [-0.2, 0) is 0 Å². The third-order valence-corrected chi connectivity index (χ3v) is 3.12. The first kappa shape index (κ1) is 10.5.